The molecule has 0 nitrogen and oxygen atoms in total. The van der Waals surface area contributed by atoms with Gasteiger partial charge in [-0.25, -0.2) is 0 Å². The fourth-order valence-corrected chi connectivity index (χ4v) is 1.53. The van der Waals surface area contributed by atoms with Gasteiger partial charge in [-0.05, 0) is 0 Å². The van der Waals surface area contributed by atoms with Gasteiger partial charge in [-0.2, -0.15) is 0 Å². The Balaban J connectivity index is 2.97. The maximum atomic E-state index is 5.90. The second-order valence-corrected chi connectivity index (χ2v) is 3.75. The fraction of sp³-hybridized carbons (Fsp3) is 1.00. The van der Waals surface area contributed by atoms with Crippen LogP contribution in [0, 0.1) is 0 Å². The molecule has 0 saturated carbocycles. The van der Waals surface area contributed by atoms with Gasteiger partial charge in [0.2, 0.25) is 0 Å². The van der Waals surface area contributed by atoms with E-state index in [-0.39, 0.29) is 0 Å². The molecule has 1 atom stereocenters. The van der Waals surface area contributed by atoms with Gasteiger partial charge in [0.1, 0.15) is 0 Å². The molecule has 0 amide bonds. The number of hydrogen-bond acceptors (Lipinski definition) is 0. The van der Waals surface area contributed by atoms with Gasteiger partial charge in [0.15, 0.2) is 0 Å². The highest BCUT2D eigenvalue weighted by Crippen LogP contribution is 2.17. The summed E-state index contributed by atoms with van der Waals surface area (Å²) in [6.07, 6.45) is 10.5. The highest BCUT2D eigenvalue weighted by molar-refractivity contribution is 6.11. The van der Waals surface area contributed by atoms with Crippen molar-refractivity contribution in [1.82, 2.24) is 0 Å². The first-order valence-corrected chi connectivity index (χ1v) is 5.56. The van der Waals surface area contributed by atoms with Crippen LogP contribution in [0.4, 0.5) is 0 Å². The van der Waals surface area contributed by atoms with Crippen LogP contribution in [0.1, 0.15) is 65.2 Å². The lowest BCUT2D eigenvalue weighted by Gasteiger charge is -2.08. The molecule has 2 radical (unpaired) electrons. The number of rotatable bonds is 8. The van der Waals surface area contributed by atoms with Crippen molar-refractivity contribution in [3.63, 3.8) is 0 Å². The molecule has 0 heterocycles. The first-order valence-electron chi connectivity index (χ1n) is 5.56. The van der Waals surface area contributed by atoms with Gasteiger partial charge in [0, 0.05) is 0 Å². The largest absolute Gasteiger partial charge is 0.0774 e. The van der Waals surface area contributed by atoms with Crippen molar-refractivity contribution in [3.8, 4) is 0 Å². The summed E-state index contributed by atoms with van der Waals surface area (Å²) in [5.74, 6) is 0.469. The molecule has 0 N–H and O–H groups in total. The summed E-state index contributed by atoms with van der Waals surface area (Å²) in [6, 6.07) is 0. The molecule has 0 fully saturated rings. The van der Waals surface area contributed by atoms with Crippen molar-refractivity contribution >= 4 is 7.85 Å². The molecule has 0 aliphatic carbocycles. The molecule has 0 saturated heterocycles. The predicted octanol–water partition coefficient (Wildman–Crippen LogP) is 4.10. The second-order valence-electron chi connectivity index (χ2n) is 3.75. The minimum Gasteiger partial charge on any atom is -0.0774 e. The normalized spacial score (nSPS) is 13.2. The summed E-state index contributed by atoms with van der Waals surface area (Å²) in [7, 11) is 5.90. The Kier molecular flexibility index (Phi) is 9.20. The molecular weight excluding hydrogens is 143 g/mol. The first kappa shape index (κ1) is 12.1. The summed E-state index contributed by atoms with van der Waals surface area (Å²) in [5.41, 5.74) is 0. The average molecular weight is 166 g/mol. The minimum atomic E-state index is 0.469. The van der Waals surface area contributed by atoms with Crippen molar-refractivity contribution in [2.75, 3.05) is 0 Å². The van der Waals surface area contributed by atoms with Crippen LogP contribution in [0.5, 0.6) is 0 Å². The van der Waals surface area contributed by atoms with Crippen LogP contribution < -0.4 is 0 Å². The first-order chi connectivity index (χ1) is 5.81. The van der Waals surface area contributed by atoms with Crippen molar-refractivity contribution < 1.29 is 0 Å². The topological polar surface area (TPSA) is 0 Å². The van der Waals surface area contributed by atoms with E-state index in [1.807, 2.05) is 0 Å². The maximum absolute atomic E-state index is 5.90. The molecule has 0 aromatic carbocycles. The van der Waals surface area contributed by atoms with Gasteiger partial charge in [-0.3, -0.25) is 0 Å². The fourth-order valence-electron chi connectivity index (χ4n) is 1.53. The van der Waals surface area contributed by atoms with Gasteiger partial charge >= 0.3 is 0 Å². The lowest BCUT2D eigenvalue weighted by molar-refractivity contribution is 0.572. The van der Waals surface area contributed by atoms with E-state index in [2.05, 4.69) is 13.8 Å². The van der Waals surface area contributed by atoms with Crippen LogP contribution >= 0.6 is 0 Å². The second kappa shape index (κ2) is 9.16. The van der Waals surface area contributed by atoms with Crippen LogP contribution in [0.2, 0.25) is 5.82 Å². The summed E-state index contributed by atoms with van der Waals surface area (Å²) >= 11 is 0. The smallest absolute Gasteiger partial charge is 0.0699 e. The van der Waals surface area contributed by atoms with E-state index < -0.39 is 0 Å². The lowest BCUT2D eigenvalue weighted by Crippen LogP contribution is -1.91. The van der Waals surface area contributed by atoms with E-state index in [0.29, 0.717) is 5.82 Å². The minimum absolute atomic E-state index is 0.469. The Hall–Kier alpha value is 0.0649. The van der Waals surface area contributed by atoms with Crippen molar-refractivity contribution in [1.29, 1.82) is 0 Å². The maximum Gasteiger partial charge on any atom is 0.0699 e. The van der Waals surface area contributed by atoms with E-state index in [1.165, 1.54) is 51.4 Å². The zero-order chi connectivity index (χ0) is 9.23. The van der Waals surface area contributed by atoms with Crippen molar-refractivity contribution in [3.05, 3.63) is 0 Å². The quantitative estimate of drug-likeness (QED) is 0.376. The highest BCUT2D eigenvalue weighted by Gasteiger charge is 1.98. The molecule has 0 aromatic heterocycles. The van der Waals surface area contributed by atoms with Gasteiger partial charge < -0.3 is 0 Å². The van der Waals surface area contributed by atoms with Crippen LogP contribution in [0.15, 0.2) is 0 Å². The predicted molar refractivity (Wildman–Crippen MR) is 57.8 cm³/mol. The van der Waals surface area contributed by atoms with Gasteiger partial charge in [-0.15, -0.1) is 0 Å². The zero-order valence-electron chi connectivity index (χ0n) is 8.81. The molecule has 1 unspecified atom stereocenters. The van der Waals surface area contributed by atoms with Crippen LogP contribution in [0.25, 0.3) is 0 Å². The molecule has 0 bridgehead atoms. The number of hydrogen-bond donors (Lipinski definition) is 0. The molecular formula is C11H23B. The zero-order valence-corrected chi connectivity index (χ0v) is 8.81. The summed E-state index contributed by atoms with van der Waals surface area (Å²) in [5, 5.41) is 0. The third-order valence-corrected chi connectivity index (χ3v) is 2.34. The molecule has 0 aliphatic heterocycles. The Morgan fingerprint density at radius 1 is 0.833 bits per heavy atom. The van der Waals surface area contributed by atoms with Gasteiger partial charge in [-0.1, -0.05) is 71.0 Å². The SMILES string of the molecule is [B]C(CCC)CCCCCCC. The molecule has 0 rings (SSSR count). The number of unbranched alkanes of at least 4 members (excludes halogenated alkanes) is 4. The molecule has 0 aromatic rings. The standard InChI is InChI=1S/C11H23B/c1-3-5-6-7-8-10-11(12)9-4-2/h11H,3-10H2,1-2H3. The Morgan fingerprint density at radius 3 is 2.08 bits per heavy atom. The molecule has 12 heavy (non-hydrogen) atoms. The monoisotopic (exact) mass is 166 g/mol. The Labute approximate surface area is 79.5 Å². The van der Waals surface area contributed by atoms with E-state index in [0.717, 1.165) is 0 Å². The highest BCUT2D eigenvalue weighted by atomic mass is 14.0. The third-order valence-electron chi connectivity index (χ3n) is 2.34. The summed E-state index contributed by atoms with van der Waals surface area (Å²) in [4.78, 5) is 0. The van der Waals surface area contributed by atoms with Crippen LogP contribution in [0.3, 0.4) is 0 Å². The summed E-state index contributed by atoms with van der Waals surface area (Å²) in [6.45, 7) is 4.46. The lowest BCUT2D eigenvalue weighted by atomic mass is 9.79. The van der Waals surface area contributed by atoms with Crippen LogP contribution in [-0.2, 0) is 0 Å². The van der Waals surface area contributed by atoms with Gasteiger partial charge in [0.25, 0.3) is 0 Å². The van der Waals surface area contributed by atoms with Gasteiger partial charge in [0.05, 0.1) is 7.85 Å². The van der Waals surface area contributed by atoms with Crippen molar-refractivity contribution in [2.24, 2.45) is 0 Å². The average Bonchev–Trinajstić information content (AvgIpc) is 2.05. The molecule has 0 spiro atoms. The van der Waals surface area contributed by atoms with E-state index in [4.69, 9.17) is 7.85 Å². The molecule has 1 heteroatoms. The van der Waals surface area contributed by atoms with Crippen LogP contribution in [-0.4, -0.2) is 7.85 Å². The van der Waals surface area contributed by atoms with E-state index in [9.17, 15) is 0 Å². The van der Waals surface area contributed by atoms with E-state index in [1.54, 1.807) is 0 Å². The molecule has 0 aliphatic rings. The Morgan fingerprint density at radius 2 is 1.50 bits per heavy atom. The summed E-state index contributed by atoms with van der Waals surface area (Å²) < 4.78 is 0. The van der Waals surface area contributed by atoms with Crippen molar-refractivity contribution in [2.45, 2.75) is 71.0 Å². The van der Waals surface area contributed by atoms with E-state index >= 15 is 0 Å². The molecule has 70 valence electrons. The Bertz CT molecular complexity index is 81.1. The third kappa shape index (κ3) is 8.16.